The fourth-order valence-electron chi connectivity index (χ4n) is 8.31. The van der Waals surface area contributed by atoms with E-state index in [0.29, 0.717) is 36.0 Å². The van der Waals surface area contributed by atoms with Gasteiger partial charge in [0.25, 0.3) is 5.91 Å². The van der Waals surface area contributed by atoms with Crippen molar-refractivity contribution in [2.45, 2.75) is 99.2 Å². The molecule has 2 heterocycles. The van der Waals surface area contributed by atoms with Gasteiger partial charge in [0.2, 0.25) is 0 Å². The zero-order valence-electron chi connectivity index (χ0n) is 22.6. The number of anilines is 1. The molecule has 1 aromatic heterocycles. The maximum atomic E-state index is 13.7. The van der Waals surface area contributed by atoms with Crippen molar-refractivity contribution in [2.24, 2.45) is 23.7 Å². The largest absolute Gasteiger partial charge is 0.469 e. The molecule has 5 aliphatic carbocycles. The molecule has 10 heteroatoms. The number of esters is 1. The Balaban J connectivity index is 1.18. The van der Waals surface area contributed by atoms with Gasteiger partial charge in [-0.25, -0.2) is 4.98 Å². The van der Waals surface area contributed by atoms with Gasteiger partial charge in [0, 0.05) is 24.4 Å². The fourth-order valence-corrected chi connectivity index (χ4v) is 9.63. The molecule has 7 rings (SSSR count). The molecule has 1 aromatic rings. The monoisotopic (exact) mass is 563 g/mol. The second-order valence-electron chi connectivity index (χ2n) is 12.5. The van der Waals surface area contributed by atoms with Crippen LogP contribution in [0, 0.1) is 23.7 Å². The van der Waals surface area contributed by atoms with Crippen LogP contribution in [-0.4, -0.2) is 60.6 Å². The number of methoxy groups -OCH3 is 1. The number of nitrogens with one attached hydrogen (secondary N) is 1. The average Bonchev–Trinajstić information content (AvgIpc) is 3.57. The second kappa shape index (κ2) is 11.1. The van der Waals surface area contributed by atoms with Crippen molar-refractivity contribution in [3.05, 3.63) is 17.7 Å². The summed E-state index contributed by atoms with van der Waals surface area (Å²) in [5.41, 5.74) is -0.117. The molecule has 39 heavy (non-hydrogen) atoms. The van der Waals surface area contributed by atoms with Crippen LogP contribution in [0.2, 0.25) is 0 Å². The Morgan fingerprint density at radius 1 is 1.15 bits per heavy atom. The first kappa shape index (κ1) is 27.2. The van der Waals surface area contributed by atoms with E-state index in [2.05, 4.69) is 10.2 Å². The predicted molar refractivity (Wildman–Crippen MR) is 144 cm³/mol. The Labute approximate surface area is 233 Å². The summed E-state index contributed by atoms with van der Waals surface area (Å²) in [7, 11) is 1.42. The molecule has 0 spiro atoms. The molecule has 214 valence electrons. The number of aromatic nitrogens is 1. The van der Waals surface area contributed by atoms with Crippen molar-refractivity contribution in [1.82, 2.24) is 10.3 Å². The summed E-state index contributed by atoms with van der Waals surface area (Å²) in [4.78, 5) is 32.7. The van der Waals surface area contributed by atoms with Gasteiger partial charge >= 0.3 is 12.6 Å². The number of amides is 1. The molecule has 5 saturated carbocycles. The summed E-state index contributed by atoms with van der Waals surface area (Å²) in [6.45, 7) is -1.18. The van der Waals surface area contributed by atoms with Crippen molar-refractivity contribution >= 4 is 29.5 Å². The molecule has 0 aromatic carbocycles. The smallest absolute Gasteiger partial charge is 0.345 e. The minimum absolute atomic E-state index is 0.00915. The molecule has 3 atom stereocenters. The molecule has 1 saturated heterocycles. The molecule has 6 aliphatic rings. The van der Waals surface area contributed by atoms with E-state index in [1.807, 2.05) is 12.1 Å². The van der Waals surface area contributed by atoms with Gasteiger partial charge in [-0.3, -0.25) is 9.59 Å². The SMILES string of the molecule is COC(=O)C[C@@H]1CCN(c2ccc(C(=O)NC3[C@H]4CC5C[C@H]3CC(OC(F)F)(C5)C4)c(SC3CCCC3)n2)C1. The van der Waals surface area contributed by atoms with Gasteiger partial charge in [0.1, 0.15) is 10.8 Å². The van der Waals surface area contributed by atoms with Gasteiger partial charge in [-0.1, -0.05) is 12.8 Å². The quantitative estimate of drug-likeness (QED) is 0.402. The van der Waals surface area contributed by atoms with Crippen LogP contribution >= 0.6 is 11.8 Å². The number of pyridine rings is 1. The number of carbonyl (C=O) groups excluding carboxylic acids is 2. The zero-order chi connectivity index (χ0) is 27.1. The minimum Gasteiger partial charge on any atom is -0.469 e. The van der Waals surface area contributed by atoms with Crippen LogP contribution in [0.15, 0.2) is 17.2 Å². The first-order chi connectivity index (χ1) is 18.8. The number of ether oxygens (including phenoxy) is 2. The molecule has 1 aliphatic heterocycles. The summed E-state index contributed by atoms with van der Waals surface area (Å²) in [6, 6.07) is 3.82. The van der Waals surface area contributed by atoms with Gasteiger partial charge < -0.3 is 19.7 Å². The highest BCUT2D eigenvalue weighted by atomic mass is 32.2. The molecule has 4 bridgehead atoms. The lowest BCUT2D eigenvalue weighted by Gasteiger charge is -2.59. The minimum atomic E-state index is -2.75. The Bertz CT molecular complexity index is 1060. The molecule has 0 radical (unpaired) electrons. The van der Waals surface area contributed by atoms with Crippen molar-refractivity contribution in [3.8, 4) is 0 Å². The van der Waals surface area contributed by atoms with Crippen LogP contribution < -0.4 is 10.2 Å². The number of carbonyl (C=O) groups is 2. The van der Waals surface area contributed by atoms with Crippen LogP contribution in [-0.2, 0) is 14.3 Å². The van der Waals surface area contributed by atoms with Crippen molar-refractivity contribution in [1.29, 1.82) is 0 Å². The van der Waals surface area contributed by atoms with E-state index in [-0.39, 0.29) is 35.7 Å². The third-order valence-electron chi connectivity index (χ3n) is 9.82. The van der Waals surface area contributed by atoms with Crippen LogP contribution in [0.1, 0.15) is 81.0 Å². The fraction of sp³-hybridized carbons (Fsp3) is 0.759. The average molecular weight is 564 g/mol. The van der Waals surface area contributed by atoms with E-state index in [4.69, 9.17) is 14.5 Å². The standard InChI is InChI=1S/C29H39F2N3O4S/c1-37-24(35)12-17-8-9-34(16-17)23-7-6-22(27(32-23)39-21-4-2-3-5-21)26(36)33-25-19-10-18-11-20(25)15-29(13-18,14-19)38-28(30)31/h6-7,17-21,25,28H,2-5,8-16H2,1H3,(H,33,36)/t17-,18?,19-,20-,25?,29?/m0/s1. The summed E-state index contributed by atoms with van der Waals surface area (Å²) in [5.74, 6) is 1.55. The van der Waals surface area contributed by atoms with E-state index < -0.39 is 12.2 Å². The van der Waals surface area contributed by atoms with Crippen LogP contribution in [0.3, 0.4) is 0 Å². The second-order valence-corrected chi connectivity index (χ2v) is 13.7. The normalized spacial score (nSPS) is 33.7. The summed E-state index contributed by atoms with van der Waals surface area (Å²) in [6.07, 6.45) is 9.83. The van der Waals surface area contributed by atoms with Crippen molar-refractivity contribution in [2.75, 3.05) is 25.1 Å². The third kappa shape index (κ3) is 5.78. The highest BCUT2D eigenvalue weighted by Gasteiger charge is 2.57. The molecule has 6 fully saturated rings. The van der Waals surface area contributed by atoms with Gasteiger partial charge in [0.05, 0.1) is 24.7 Å². The number of hydrogen-bond acceptors (Lipinski definition) is 7. The highest BCUT2D eigenvalue weighted by molar-refractivity contribution is 7.99. The van der Waals surface area contributed by atoms with E-state index in [1.165, 1.54) is 20.0 Å². The van der Waals surface area contributed by atoms with Crippen LogP contribution in [0.25, 0.3) is 0 Å². The number of alkyl halides is 2. The lowest BCUT2D eigenvalue weighted by atomic mass is 9.52. The maximum absolute atomic E-state index is 13.7. The van der Waals surface area contributed by atoms with Gasteiger partial charge in [-0.05, 0) is 87.2 Å². The highest BCUT2D eigenvalue weighted by Crippen LogP contribution is 2.57. The van der Waals surface area contributed by atoms with E-state index in [9.17, 15) is 18.4 Å². The van der Waals surface area contributed by atoms with E-state index >= 15 is 0 Å². The number of thioether (sulfide) groups is 1. The molecular formula is C29H39F2N3O4S. The third-order valence-corrected chi connectivity index (χ3v) is 11.2. The maximum Gasteiger partial charge on any atom is 0.345 e. The number of rotatable bonds is 9. The summed E-state index contributed by atoms with van der Waals surface area (Å²) in [5, 5.41) is 4.57. The lowest BCUT2D eigenvalue weighted by molar-refractivity contribution is -0.260. The molecule has 7 nitrogen and oxygen atoms in total. The molecule has 1 amide bonds. The number of nitrogens with zero attached hydrogens (tertiary/aromatic N) is 2. The predicted octanol–water partition coefficient (Wildman–Crippen LogP) is 5.42. The Hall–Kier alpha value is -1.94. The first-order valence-corrected chi connectivity index (χ1v) is 15.4. The lowest BCUT2D eigenvalue weighted by Crippen LogP contribution is -2.62. The van der Waals surface area contributed by atoms with E-state index in [1.54, 1.807) is 11.8 Å². The van der Waals surface area contributed by atoms with Gasteiger partial charge in [0.15, 0.2) is 0 Å². The van der Waals surface area contributed by atoms with Gasteiger partial charge in [-0.15, -0.1) is 11.8 Å². The number of halogens is 2. The first-order valence-electron chi connectivity index (χ1n) is 14.6. The Morgan fingerprint density at radius 2 is 1.90 bits per heavy atom. The molecular weight excluding hydrogens is 524 g/mol. The topological polar surface area (TPSA) is 80.8 Å². The molecule has 1 N–H and O–H groups in total. The van der Waals surface area contributed by atoms with Gasteiger partial charge in [-0.2, -0.15) is 8.78 Å². The van der Waals surface area contributed by atoms with E-state index in [0.717, 1.165) is 62.5 Å². The summed E-state index contributed by atoms with van der Waals surface area (Å²) >= 11 is 1.72. The number of hydrogen-bond donors (Lipinski definition) is 1. The Kier molecular flexibility index (Phi) is 7.79. The zero-order valence-corrected chi connectivity index (χ0v) is 23.4. The van der Waals surface area contributed by atoms with Crippen LogP contribution in [0.5, 0.6) is 0 Å². The van der Waals surface area contributed by atoms with Crippen molar-refractivity contribution < 1.29 is 27.8 Å². The molecule has 0 unspecified atom stereocenters. The van der Waals surface area contributed by atoms with Crippen molar-refractivity contribution in [3.63, 3.8) is 0 Å². The van der Waals surface area contributed by atoms with Crippen LogP contribution in [0.4, 0.5) is 14.6 Å². The summed E-state index contributed by atoms with van der Waals surface area (Å²) < 4.78 is 36.4. The Morgan fingerprint density at radius 3 is 2.59 bits per heavy atom.